The van der Waals surface area contributed by atoms with Gasteiger partial charge in [0.05, 0.1) is 35.4 Å². The molecule has 4 heterocycles. The first-order valence-electron chi connectivity index (χ1n) is 14.9. The molecule has 2 aliphatic rings. The highest BCUT2D eigenvalue weighted by Gasteiger charge is 2.47. The first kappa shape index (κ1) is 31.2. The van der Waals surface area contributed by atoms with Crippen LogP contribution in [0, 0.1) is 6.92 Å². The maximum absolute atomic E-state index is 14.0. The van der Waals surface area contributed by atoms with E-state index in [-0.39, 0.29) is 32.0 Å². The average Bonchev–Trinajstić information content (AvgIpc) is 3.47. The molecule has 2 aliphatic heterocycles. The van der Waals surface area contributed by atoms with Crippen LogP contribution in [0.15, 0.2) is 36.4 Å². The lowest BCUT2D eigenvalue weighted by Crippen LogP contribution is -2.49. The summed E-state index contributed by atoms with van der Waals surface area (Å²) in [6.45, 7) is 12.7. The van der Waals surface area contributed by atoms with E-state index in [4.69, 9.17) is 19.4 Å². The topological polar surface area (TPSA) is 130 Å². The van der Waals surface area contributed by atoms with Gasteiger partial charge in [-0.3, -0.25) is 14.6 Å². The van der Waals surface area contributed by atoms with Crippen LogP contribution in [0.2, 0.25) is 0 Å². The average molecular weight is 607 g/mol. The number of imidazole rings is 1. The Balaban J connectivity index is 1.69. The monoisotopic (exact) mass is 606 g/mol. The number of β-amino-alcohol motifs (C(OH)–C–C–N with tert-alkyl or cyclic N) is 1. The second-order valence-corrected chi connectivity index (χ2v) is 13.6. The summed E-state index contributed by atoms with van der Waals surface area (Å²) >= 11 is 0. The molecule has 3 aromatic rings. The molecule has 2 aromatic heterocycles. The number of fused-ring (bicyclic) bond motifs is 5. The second-order valence-electron chi connectivity index (χ2n) is 13.6. The van der Waals surface area contributed by atoms with Crippen molar-refractivity contribution in [1.82, 2.24) is 24.3 Å². The molecule has 1 saturated heterocycles. The molecule has 44 heavy (non-hydrogen) atoms. The summed E-state index contributed by atoms with van der Waals surface area (Å²) in [4.78, 5) is 55.2. The predicted octanol–water partition coefficient (Wildman–Crippen LogP) is 4.36. The van der Waals surface area contributed by atoms with Gasteiger partial charge in [0.1, 0.15) is 28.9 Å². The zero-order chi connectivity index (χ0) is 32.1. The van der Waals surface area contributed by atoms with E-state index in [9.17, 15) is 19.5 Å². The fourth-order valence-corrected chi connectivity index (χ4v) is 5.87. The van der Waals surface area contributed by atoms with Crippen molar-refractivity contribution < 1.29 is 29.0 Å². The summed E-state index contributed by atoms with van der Waals surface area (Å²) in [5.74, 6) is 0.652. The third-order valence-corrected chi connectivity index (χ3v) is 7.62. The molecule has 12 heteroatoms. The largest absolute Gasteiger partial charge is 0.444 e. The van der Waals surface area contributed by atoms with Gasteiger partial charge in [-0.05, 0) is 73.1 Å². The molecule has 0 spiro atoms. The number of anilines is 1. The molecule has 1 unspecified atom stereocenters. The summed E-state index contributed by atoms with van der Waals surface area (Å²) in [5, 5.41) is 11.2. The molecule has 3 atom stereocenters. The van der Waals surface area contributed by atoms with E-state index in [0.29, 0.717) is 17.3 Å². The Kier molecular flexibility index (Phi) is 8.08. The first-order chi connectivity index (χ1) is 20.5. The third-order valence-electron chi connectivity index (χ3n) is 7.62. The van der Waals surface area contributed by atoms with Gasteiger partial charge in [0, 0.05) is 25.7 Å². The first-order valence-corrected chi connectivity index (χ1v) is 14.9. The highest BCUT2D eigenvalue weighted by Crippen LogP contribution is 2.34. The predicted molar refractivity (Wildman–Crippen MR) is 165 cm³/mol. The number of pyridine rings is 1. The molecule has 12 nitrogen and oxygen atoms in total. The molecule has 3 amide bonds. The van der Waals surface area contributed by atoms with Crippen LogP contribution in [-0.2, 0) is 20.8 Å². The number of carbonyl (C=O) groups excluding carboxylic acids is 3. The summed E-state index contributed by atoms with van der Waals surface area (Å²) in [6.07, 6.45) is -2.10. The number of aromatic nitrogens is 3. The Hall–Kier alpha value is -4.19. The summed E-state index contributed by atoms with van der Waals surface area (Å²) in [5.41, 5.74) is 1.29. The number of carbonyl (C=O) groups is 3. The van der Waals surface area contributed by atoms with Crippen LogP contribution in [0.25, 0.3) is 22.3 Å². The van der Waals surface area contributed by atoms with Crippen molar-refractivity contribution in [3.8, 4) is 11.3 Å². The Morgan fingerprint density at radius 3 is 2.25 bits per heavy atom. The van der Waals surface area contributed by atoms with Crippen LogP contribution in [0.5, 0.6) is 0 Å². The molecule has 1 N–H and O–H groups in total. The van der Waals surface area contributed by atoms with Crippen LogP contribution in [0.3, 0.4) is 0 Å². The zero-order valence-corrected chi connectivity index (χ0v) is 26.7. The third kappa shape index (κ3) is 6.35. The Labute approximate surface area is 257 Å². The number of aliphatic hydroxyl groups is 1. The fraction of sp³-hybridized carbons (Fsp3) is 0.531. The standard InChI is InChI=1S/C32H42N6O6/c1-19-33-24-13-9-11-22-23-12-10-14-26(34-23)38(30(42)44-32(5,6)7)20-15-25(37(16-20)29(41)43-31(2,3)4)28(40)35(8)17-21(39)18-36(19)27(22)24/h9-14,20-21,25,39H,15-18H2,1-8H3/t20-,21?,25-/m0/s1. The van der Waals surface area contributed by atoms with Crippen molar-refractivity contribution in [3.63, 3.8) is 0 Å². The molecular weight excluding hydrogens is 564 g/mol. The minimum atomic E-state index is -0.941. The number of aryl methyl sites for hydroxylation is 1. The van der Waals surface area contributed by atoms with Crippen molar-refractivity contribution >= 4 is 34.9 Å². The van der Waals surface area contributed by atoms with Crippen LogP contribution >= 0.6 is 0 Å². The number of amides is 3. The minimum absolute atomic E-state index is 0.0191. The van der Waals surface area contributed by atoms with Gasteiger partial charge in [-0.2, -0.15) is 0 Å². The highest BCUT2D eigenvalue weighted by molar-refractivity contribution is 5.94. The molecule has 5 rings (SSSR count). The molecule has 1 aromatic carbocycles. The number of ether oxygens (including phenoxy) is 2. The number of likely N-dealkylation sites (tertiary alicyclic amines) is 1. The maximum Gasteiger partial charge on any atom is 0.416 e. The Bertz CT molecular complexity index is 1590. The summed E-state index contributed by atoms with van der Waals surface area (Å²) in [6, 6.07) is 9.52. The van der Waals surface area contributed by atoms with Gasteiger partial charge in [-0.1, -0.05) is 18.2 Å². The molecule has 1 fully saturated rings. The van der Waals surface area contributed by atoms with Crippen molar-refractivity contribution in [2.75, 3.05) is 25.0 Å². The lowest BCUT2D eigenvalue weighted by Gasteiger charge is -2.31. The lowest BCUT2D eigenvalue weighted by atomic mass is 10.1. The highest BCUT2D eigenvalue weighted by atomic mass is 16.6. The number of benzene rings is 1. The number of hydrogen-bond acceptors (Lipinski definition) is 8. The van der Waals surface area contributed by atoms with E-state index in [1.165, 1.54) is 14.7 Å². The molecule has 4 bridgehead atoms. The van der Waals surface area contributed by atoms with E-state index in [0.717, 1.165) is 16.6 Å². The molecule has 0 saturated carbocycles. The number of para-hydroxylation sites is 1. The van der Waals surface area contributed by atoms with Crippen LogP contribution < -0.4 is 4.90 Å². The molecular formula is C32H42N6O6. The van der Waals surface area contributed by atoms with Gasteiger partial charge in [0.2, 0.25) is 5.91 Å². The minimum Gasteiger partial charge on any atom is -0.444 e. The normalized spacial score (nSPS) is 21.2. The lowest BCUT2D eigenvalue weighted by molar-refractivity contribution is -0.136. The number of nitrogens with zero attached hydrogens (tertiary/aromatic N) is 6. The molecule has 236 valence electrons. The zero-order valence-electron chi connectivity index (χ0n) is 26.7. The van der Waals surface area contributed by atoms with E-state index < -0.39 is 41.6 Å². The second kappa shape index (κ2) is 11.4. The number of aliphatic hydroxyl groups excluding tert-OH is 1. The van der Waals surface area contributed by atoms with Gasteiger partial charge >= 0.3 is 12.2 Å². The number of hydrogen-bond donors (Lipinski definition) is 1. The Morgan fingerprint density at radius 2 is 1.57 bits per heavy atom. The van der Waals surface area contributed by atoms with E-state index in [1.807, 2.05) is 41.8 Å². The Morgan fingerprint density at radius 1 is 0.909 bits per heavy atom. The van der Waals surface area contributed by atoms with Gasteiger partial charge in [0.15, 0.2) is 0 Å². The van der Waals surface area contributed by atoms with Crippen molar-refractivity contribution in [1.29, 1.82) is 0 Å². The van der Waals surface area contributed by atoms with Crippen LogP contribution in [0.1, 0.15) is 53.8 Å². The van der Waals surface area contributed by atoms with Gasteiger partial charge in [-0.15, -0.1) is 0 Å². The van der Waals surface area contributed by atoms with Crippen molar-refractivity contribution in [2.45, 2.75) is 90.8 Å². The van der Waals surface area contributed by atoms with Crippen molar-refractivity contribution in [2.24, 2.45) is 0 Å². The van der Waals surface area contributed by atoms with Gasteiger partial charge in [-0.25, -0.2) is 19.6 Å². The molecule has 0 radical (unpaired) electrons. The van der Waals surface area contributed by atoms with Gasteiger partial charge < -0.3 is 24.0 Å². The van der Waals surface area contributed by atoms with E-state index >= 15 is 0 Å². The smallest absolute Gasteiger partial charge is 0.416 e. The number of rotatable bonds is 0. The summed E-state index contributed by atoms with van der Waals surface area (Å²) < 4.78 is 13.4. The van der Waals surface area contributed by atoms with E-state index in [2.05, 4.69) is 0 Å². The van der Waals surface area contributed by atoms with Crippen molar-refractivity contribution in [3.05, 3.63) is 42.2 Å². The SMILES string of the molecule is Cc1nc2cccc3c2n1CC(O)CN(C)C(=O)[C@@H]1C[C@@H](CN1C(=O)OC(C)(C)C)N(C(=O)OC(C)(C)C)c1cccc-3n1. The quantitative estimate of drug-likeness (QED) is 0.400. The maximum atomic E-state index is 14.0. The van der Waals surface area contributed by atoms with Gasteiger partial charge in [0.25, 0.3) is 0 Å². The van der Waals surface area contributed by atoms with Crippen LogP contribution in [0.4, 0.5) is 15.4 Å². The van der Waals surface area contributed by atoms with E-state index in [1.54, 1.807) is 54.7 Å². The number of likely N-dealkylation sites (N-methyl/N-ethyl adjacent to an activating group) is 1. The van der Waals surface area contributed by atoms with Crippen LogP contribution in [-0.4, -0.2) is 97.1 Å². The fourth-order valence-electron chi connectivity index (χ4n) is 5.87. The molecule has 0 aliphatic carbocycles. The summed E-state index contributed by atoms with van der Waals surface area (Å²) in [7, 11) is 1.60.